The molecule has 8 heteroatoms. The Balaban J connectivity index is 1.76. The third kappa shape index (κ3) is 6.21. The van der Waals surface area contributed by atoms with E-state index in [1.54, 1.807) is 31.4 Å². The van der Waals surface area contributed by atoms with Crippen molar-refractivity contribution >= 4 is 15.9 Å². The molecule has 0 atom stereocenters. The van der Waals surface area contributed by atoms with Gasteiger partial charge >= 0.3 is 0 Å². The van der Waals surface area contributed by atoms with E-state index >= 15 is 0 Å². The number of sulfonamides is 1. The van der Waals surface area contributed by atoms with Crippen LogP contribution in [0.3, 0.4) is 0 Å². The van der Waals surface area contributed by atoms with Crippen LogP contribution in [-0.2, 0) is 14.8 Å². The number of carbonyl (C=O) groups is 1. The highest BCUT2D eigenvalue weighted by Crippen LogP contribution is 2.26. The summed E-state index contributed by atoms with van der Waals surface area (Å²) in [6.45, 7) is 1.01. The number of nitrogens with zero attached hydrogens (tertiary/aromatic N) is 1. The average molecular weight is 370 g/mol. The SMILES string of the molecule is COc1ccc(OCCN(CCNC(=O)C2CCC2)S(C)(=O)=O)cc1. The van der Waals surface area contributed by atoms with Gasteiger partial charge in [0.2, 0.25) is 15.9 Å². The zero-order chi connectivity index (χ0) is 18.3. The van der Waals surface area contributed by atoms with Crippen LogP contribution in [0, 0.1) is 5.92 Å². The zero-order valence-electron chi connectivity index (χ0n) is 14.7. The fraction of sp³-hybridized carbons (Fsp3) is 0.588. The number of rotatable bonds is 10. The lowest BCUT2D eigenvalue weighted by molar-refractivity contribution is -0.127. The smallest absolute Gasteiger partial charge is 0.223 e. The minimum Gasteiger partial charge on any atom is -0.497 e. The number of methoxy groups -OCH3 is 1. The summed E-state index contributed by atoms with van der Waals surface area (Å²) in [5.74, 6) is 1.50. The van der Waals surface area contributed by atoms with E-state index in [0.29, 0.717) is 12.3 Å². The second-order valence-electron chi connectivity index (χ2n) is 6.10. The van der Waals surface area contributed by atoms with Crippen molar-refractivity contribution in [2.45, 2.75) is 19.3 Å². The molecule has 1 saturated carbocycles. The van der Waals surface area contributed by atoms with Crippen LogP contribution in [0.1, 0.15) is 19.3 Å². The minimum absolute atomic E-state index is 0.0224. The Labute approximate surface area is 149 Å². The molecule has 1 aromatic rings. The van der Waals surface area contributed by atoms with Gasteiger partial charge in [0, 0.05) is 25.6 Å². The first kappa shape index (κ1) is 19.5. The molecule has 1 fully saturated rings. The Hall–Kier alpha value is -1.80. The lowest BCUT2D eigenvalue weighted by atomic mass is 9.85. The second-order valence-corrected chi connectivity index (χ2v) is 8.09. The average Bonchev–Trinajstić information content (AvgIpc) is 2.51. The maximum absolute atomic E-state index is 11.9. The number of carbonyl (C=O) groups excluding carboxylic acids is 1. The molecule has 1 aromatic carbocycles. The first-order valence-corrected chi connectivity index (χ1v) is 10.2. The summed E-state index contributed by atoms with van der Waals surface area (Å²) in [5.41, 5.74) is 0. The first-order chi connectivity index (χ1) is 11.9. The first-order valence-electron chi connectivity index (χ1n) is 8.40. The fourth-order valence-corrected chi connectivity index (χ4v) is 3.33. The quantitative estimate of drug-likeness (QED) is 0.670. The van der Waals surface area contributed by atoms with Crippen LogP contribution < -0.4 is 14.8 Å². The van der Waals surface area contributed by atoms with Crippen molar-refractivity contribution in [2.24, 2.45) is 5.92 Å². The molecular formula is C17H26N2O5S. The van der Waals surface area contributed by atoms with Crippen molar-refractivity contribution < 1.29 is 22.7 Å². The summed E-state index contributed by atoms with van der Waals surface area (Å²) in [6.07, 6.45) is 4.11. The van der Waals surface area contributed by atoms with E-state index in [9.17, 15) is 13.2 Å². The third-order valence-electron chi connectivity index (χ3n) is 4.27. The molecule has 0 unspecified atom stereocenters. The number of benzene rings is 1. The molecule has 25 heavy (non-hydrogen) atoms. The number of hydrogen-bond acceptors (Lipinski definition) is 5. The van der Waals surface area contributed by atoms with Crippen LogP contribution in [0.4, 0.5) is 0 Å². The molecule has 1 aliphatic carbocycles. The standard InChI is InChI=1S/C17H26N2O5S/c1-23-15-6-8-16(9-7-15)24-13-12-19(25(2,21)22)11-10-18-17(20)14-4-3-5-14/h6-9,14H,3-5,10-13H2,1-2H3,(H,18,20). The van der Waals surface area contributed by atoms with Gasteiger partial charge in [-0.05, 0) is 37.1 Å². The van der Waals surface area contributed by atoms with Gasteiger partial charge in [0.25, 0.3) is 0 Å². The number of hydrogen-bond donors (Lipinski definition) is 1. The number of nitrogens with one attached hydrogen (secondary N) is 1. The van der Waals surface area contributed by atoms with Crippen LogP contribution in [0.5, 0.6) is 11.5 Å². The molecule has 1 aliphatic rings. The van der Waals surface area contributed by atoms with E-state index in [1.807, 2.05) is 0 Å². The molecule has 0 spiro atoms. The van der Waals surface area contributed by atoms with Crippen LogP contribution in [0.15, 0.2) is 24.3 Å². The number of ether oxygens (including phenoxy) is 2. The van der Waals surface area contributed by atoms with E-state index in [1.165, 1.54) is 4.31 Å². The van der Waals surface area contributed by atoms with Gasteiger partial charge in [-0.15, -0.1) is 0 Å². The largest absolute Gasteiger partial charge is 0.497 e. The maximum atomic E-state index is 11.9. The Morgan fingerprint density at radius 2 is 1.84 bits per heavy atom. The van der Waals surface area contributed by atoms with E-state index in [2.05, 4.69) is 5.32 Å². The lowest BCUT2D eigenvalue weighted by Gasteiger charge is -2.25. The molecule has 2 rings (SSSR count). The topological polar surface area (TPSA) is 84.9 Å². The highest BCUT2D eigenvalue weighted by molar-refractivity contribution is 7.88. The molecule has 0 heterocycles. The van der Waals surface area contributed by atoms with Crippen molar-refractivity contribution in [1.82, 2.24) is 9.62 Å². The van der Waals surface area contributed by atoms with Crippen LogP contribution in [-0.4, -0.2) is 58.2 Å². The zero-order valence-corrected chi connectivity index (χ0v) is 15.5. The summed E-state index contributed by atoms with van der Waals surface area (Å²) < 4.78 is 35.7. The van der Waals surface area contributed by atoms with Crippen molar-refractivity contribution in [3.05, 3.63) is 24.3 Å². The van der Waals surface area contributed by atoms with Gasteiger partial charge in [0.15, 0.2) is 0 Å². The van der Waals surface area contributed by atoms with Gasteiger partial charge < -0.3 is 14.8 Å². The molecule has 7 nitrogen and oxygen atoms in total. The summed E-state index contributed by atoms with van der Waals surface area (Å²) in [6, 6.07) is 7.09. The monoisotopic (exact) mass is 370 g/mol. The van der Waals surface area contributed by atoms with Crippen molar-refractivity contribution in [3.63, 3.8) is 0 Å². The fourth-order valence-electron chi connectivity index (χ4n) is 2.50. The summed E-state index contributed by atoms with van der Waals surface area (Å²) in [7, 11) is -1.77. The molecular weight excluding hydrogens is 344 g/mol. The maximum Gasteiger partial charge on any atom is 0.223 e. The molecule has 0 bridgehead atoms. The molecule has 140 valence electrons. The summed E-state index contributed by atoms with van der Waals surface area (Å²) >= 11 is 0. The Bertz CT molecular complexity index is 656. The minimum atomic E-state index is -3.36. The normalized spacial score (nSPS) is 14.8. The molecule has 0 aromatic heterocycles. The van der Waals surface area contributed by atoms with E-state index in [-0.39, 0.29) is 31.5 Å². The van der Waals surface area contributed by atoms with Gasteiger partial charge in [-0.2, -0.15) is 4.31 Å². The highest BCUT2D eigenvalue weighted by atomic mass is 32.2. The molecule has 1 N–H and O–H groups in total. The van der Waals surface area contributed by atoms with E-state index in [0.717, 1.165) is 31.3 Å². The number of amides is 1. The summed E-state index contributed by atoms with van der Waals surface area (Å²) in [5, 5.41) is 2.81. The van der Waals surface area contributed by atoms with Gasteiger partial charge in [-0.1, -0.05) is 6.42 Å². The Morgan fingerprint density at radius 1 is 1.20 bits per heavy atom. The molecule has 1 amide bonds. The van der Waals surface area contributed by atoms with Gasteiger partial charge in [-0.25, -0.2) is 8.42 Å². The Kier molecular flexibility index (Phi) is 7.07. The van der Waals surface area contributed by atoms with Crippen LogP contribution >= 0.6 is 0 Å². The Morgan fingerprint density at radius 3 is 2.36 bits per heavy atom. The molecule has 0 radical (unpaired) electrons. The highest BCUT2D eigenvalue weighted by Gasteiger charge is 2.25. The summed E-state index contributed by atoms with van der Waals surface area (Å²) in [4.78, 5) is 11.8. The predicted molar refractivity (Wildman–Crippen MR) is 95.3 cm³/mol. The van der Waals surface area contributed by atoms with Gasteiger partial charge in [0.1, 0.15) is 18.1 Å². The predicted octanol–water partition coefficient (Wildman–Crippen LogP) is 1.25. The van der Waals surface area contributed by atoms with Gasteiger partial charge in [-0.3, -0.25) is 4.79 Å². The second kappa shape index (κ2) is 9.05. The van der Waals surface area contributed by atoms with Crippen molar-refractivity contribution in [1.29, 1.82) is 0 Å². The van der Waals surface area contributed by atoms with Gasteiger partial charge in [0.05, 0.1) is 13.4 Å². The lowest BCUT2D eigenvalue weighted by Crippen LogP contribution is -2.42. The van der Waals surface area contributed by atoms with E-state index < -0.39 is 10.0 Å². The molecule has 0 aliphatic heterocycles. The van der Waals surface area contributed by atoms with Crippen LogP contribution in [0.2, 0.25) is 0 Å². The van der Waals surface area contributed by atoms with Crippen LogP contribution in [0.25, 0.3) is 0 Å². The third-order valence-corrected chi connectivity index (χ3v) is 5.58. The van der Waals surface area contributed by atoms with Crippen molar-refractivity contribution in [2.75, 3.05) is 39.6 Å². The van der Waals surface area contributed by atoms with E-state index in [4.69, 9.17) is 9.47 Å². The molecule has 0 saturated heterocycles. The van der Waals surface area contributed by atoms with Crippen molar-refractivity contribution in [3.8, 4) is 11.5 Å².